The predicted octanol–water partition coefficient (Wildman–Crippen LogP) is 4.70. The Balaban J connectivity index is 1.47. The van der Waals surface area contributed by atoms with E-state index in [0.717, 1.165) is 30.6 Å². The molecule has 1 aliphatic heterocycles. The SMILES string of the molecule is COc1ccc(S(=O)(=O)N2CCCCC2)cc1NC(=O)c1ccc(COc2ccccc2)cc1. The van der Waals surface area contributed by atoms with Gasteiger partial charge in [-0.25, -0.2) is 8.42 Å². The van der Waals surface area contributed by atoms with E-state index in [2.05, 4.69) is 5.32 Å². The molecule has 1 amide bonds. The number of rotatable bonds is 8. The molecular weight excluding hydrogens is 452 g/mol. The number of benzene rings is 3. The van der Waals surface area contributed by atoms with Crippen LogP contribution in [0.5, 0.6) is 11.5 Å². The maximum absolute atomic E-state index is 13.1. The van der Waals surface area contributed by atoms with E-state index in [1.165, 1.54) is 23.5 Å². The highest BCUT2D eigenvalue weighted by Gasteiger charge is 2.27. The van der Waals surface area contributed by atoms with Crippen LogP contribution >= 0.6 is 0 Å². The van der Waals surface area contributed by atoms with Crippen LogP contribution in [0.25, 0.3) is 0 Å². The topological polar surface area (TPSA) is 84.9 Å². The molecule has 0 spiro atoms. The lowest BCUT2D eigenvalue weighted by Crippen LogP contribution is -2.35. The molecule has 0 saturated carbocycles. The molecule has 1 N–H and O–H groups in total. The largest absolute Gasteiger partial charge is 0.495 e. The monoisotopic (exact) mass is 480 g/mol. The third kappa shape index (κ3) is 5.58. The summed E-state index contributed by atoms with van der Waals surface area (Å²) in [6.07, 6.45) is 2.74. The van der Waals surface area contributed by atoms with Crippen molar-refractivity contribution >= 4 is 21.6 Å². The Morgan fingerprint density at radius 1 is 0.941 bits per heavy atom. The van der Waals surface area contributed by atoms with Crippen LogP contribution in [0.3, 0.4) is 0 Å². The highest BCUT2D eigenvalue weighted by Crippen LogP contribution is 2.30. The van der Waals surface area contributed by atoms with E-state index in [1.807, 2.05) is 42.5 Å². The molecule has 0 unspecified atom stereocenters. The Hall–Kier alpha value is -3.36. The second-order valence-corrected chi connectivity index (χ2v) is 10.0. The number of sulfonamides is 1. The molecule has 178 valence electrons. The third-order valence-corrected chi connectivity index (χ3v) is 7.63. The van der Waals surface area contributed by atoms with Crippen LogP contribution in [0.4, 0.5) is 5.69 Å². The van der Waals surface area contributed by atoms with Crippen LogP contribution in [0.1, 0.15) is 35.2 Å². The number of methoxy groups -OCH3 is 1. The first-order valence-electron chi connectivity index (χ1n) is 11.2. The van der Waals surface area contributed by atoms with Crippen molar-refractivity contribution in [3.8, 4) is 11.5 Å². The average molecular weight is 481 g/mol. The fourth-order valence-electron chi connectivity index (χ4n) is 3.83. The van der Waals surface area contributed by atoms with E-state index in [-0.39, 0.29) is 10.8 Å². The zero-order chi connectivity index (χ0) is 24.0. The molecule has 0 aromatic heterocycles. The van der Waals surface area contributed by atoms with Gasteiger partial charge in [0.25, 0.3) is 5.91 Å². The van der Waals surface area contributed by atoms with Crippen LogP contribution in [0.15, 0.2) is 77.7 Å². The summed E-state index contributed by atoms with van der Waals surface area (Å²) < 4.78 is 38.7. The second-order valence-electron chi connectivity index (χ2n) is 8.08. The predicted molar refractivity (Wildman–Crippen MR) is 131 cm³/mol. The summed E-state index contributed by atoms with van der Waals surface area (Å²) in [5, 5.41) is 2.79. The first kappa shape index (κ1) is 23.8. The molecule has 8 heteroatoms. The van der Waals surface area contributed by atoms with E-state index in [0.29, 0.717) is 36.7 Å². The van der Waals surface area contributed by atoms with Crippen molar-refractivity contribution in [2.45, 2.75) is 30.8 Å². The van der Waals surface area contributed by atoms with Gasteiger partial charge in [-0.1, -0.05) is 36.8 Å². The summed E-state index contributed by atoms with van der Waals surface area (Å²) in [6, 6.07) is 21.1. The van der Waals surface area contributed by atoms with Crippen molar-refractivity contribution in [2.24, 2.45) is 0 Å². The molecule has 0 aliphatic carbocycles. The normalized spacial score (nSPS) is 14.4. The minimum Gasteiger partial charge on any atom is -0.495 e. The number of piperidine rings is 1. The number of para-hydroxylation sites is 1. The van der Waals surface area contributed by atoms with Crippen LogP contribution in [-0.2, 0) is 16.6 Å². The van der Waals surface area contributed by atoms with Gasteiger partial charge in [0.2, 0.25) is 10.0 Å². The molecular formula is C26H28N2O5S. The molecule has 0 bridgehead atoms. The second kappa shape index (κ2) is 10.7. The zero-order valence-electron chi connectivity index (χ0n) is 19.1. The maximum atomic E-state index is 13.1. The lowest BCUT2D eigenvalue weighted by molar-refractivity contribution is 0.102. The average Bonchev–Trinajstić information content (AvgIpc) is 2.89. The number of ether oxygens (including phenoxy) is 2. The number of nitrogens with zero attached hydrogens (tertiary/aromatic N) is 1. The smallest absolute Gasteiger partial charge is 0.255 e. The summed E-state index contributed by atoms with van der Waals surface area (Å²) in [5.74, 6) is 0.802. The Morgan fingerprint density at radius 3 is 2.32 bits per heavy atom. The van der Waals surface area contributed by atoms with Crippen molar-refractivity contribution in [1.82, 2.24) is 4.31 Å². The Labute approximate surface area is 200 Å². The minimum atomic E-state index is -3.63. The van der Waals surface area contributed by atoms with Gasteiger partial charge in [0.05, 0.1) is 17.7 Å². The van der Waals surface area contributed by atoms with E-state index >= 15 is 0 Å². The number of carbonyl (C=O) groups excluding carboxylic acids is 1. The van der Waals surface area contributed by atoms with E-state index in [4.69, 9.17) is 9.47 Å². The summed E-state index contributed by atoms with van der Waals surface area (Å²) >= 11 is 0. The van der Waals surface area contributed by atoms with Gasteiger partial charge in [-0.05, 0) is 60.9 Å². The van der Waals surface area contributed by atoms with E-state index in [1.54, 1.807) is 18.2 Å². The van der Waals surface area contributed by atoms with Crippen LogP contribution in [-0.4, -0.2) is 38.8 Å². The van der Waals surface area contributed by atoms with Crippen molar-refractivity contribution in [3.05, 3.63) is 83.9 Å². The van der Waals surface area contributed by atoms with Gasteiger partial charge >= 0.3 is 0 Å². The summed E-state index contributed by atoms with van der Waals surface area (Å²) in [5.41, 5.74) is 1.67. The van der Waals surface area contributed by atoms with Gasteiger partial charge in [0.1, 0.15) is 18.1 Å². The van der Waals surface area contributed by atoms with Gasteiger partial charge in [-0.2, -0.15) is 4.31 Å². The molecule has 1 heterocycles. The van der Waals surface area contributed by atoms with Gasteiger partial charge in [0.15, 0.2) is 0 Å². The molecule has 3 aromatic carbocycles. The molecule has 0 atom stereocenters. The standard InChI is InChI=1S/C26H28N2O5S/c1-32-25-15-14-23(34(30,31)28-16-6-3-7-17-28)18-24(25)27-26(29)21-12-10-20(11-13-21)19-33-22-8-4-2-5-9-22/h2,4-5,8-15,18H,3,6-7,16-17,19H2,1H3,(H,27,29). The zero-order valence-corrected chi connectivity index (χ0v) is 19.9. The molecule has 1 saturated heterocycles. The molecule has 4 rings (SSSR count). The van der Waals surface area contributed by atoms with Gasteiger partial charge in [-0.3, -0.25) is 4.79 Å². The lowest BCUT2D eigenvalue weighted by atomic mass is 10.1. The number of nitrogens with one attached hydrogen (secondary N) is 1. The fraction of sp³-hybridized carbons (Fsp3) is 0.269. The molecule has 3 aromatic rings. The first-order chi connectivity index (χ1) is 16.5. The molecule has 7 nitrogen and oxygen atoms in total. The number of hydrogen-bond donors (Lipinski definition) is 1. The summed E-state index contributed by atoms with van der Waals surface area (Å²) in [4.78, 5) is 13.0. The van der Waals surface area contributed by atoms with E-state index in [9.17, 15) is 13.2 Å². The number of carbonyl (C=O) groups is 1. The molecule has 34 heavy (non-hydrogen) atoms. The Morgan fingerprint density at radius 2 is 1.65 bits per heavy atom. The Bertz CT molecular complexity index is 1220. The summed E-state index contributed by atoms with van der Waals surface area (Å²) in [6.45, 7) is 1.41. The van der Waals surface area contributed by atoms with E-state index < -0.39 is 10.0 Å². The first-order valence-corrected chi connectivity index (χ1v) is 12.7. The Kier molecular flexibility index (Phi) is 7.49. The lowest BCUT2D eigenvalue weighted by Gasteiger charge is -2.26. The van der Waals surface area contributed by atoms with Gasteiger partial charge in [0, 0.05) is 18.7 Å². The van der Waals surface area contributed by atoms with Crippen molar-refractivity contribution in [3.63, 3.8) is 0 Å². The number of amides is 1. The molecule has 0 radical (unpaired) electrons. The number of anilines is 1. The maximum Gasteiger partial charge on any atom is 0.255 e. The summed E-state index contributed by atoms with van der Waals surface area (Å²) in [7, 11) is -2.15. The van der Waals surface area contributed by atoms with Crippen molar-refractivity contribution < 1.29 is 22.7 Å². The van der Waals surface area contributed by atoms with Gasteiger partial charge in [-0.15, -0.1) is 0 Å². The quantitative estimate of drug-likeness (QED) is 0.505. The molecule has 1 aliphatic rings. The number of hydrogen-bond acceptors (Lipinski definition) is 5. The third-order valence-electron chi connectivity index (χ3n) is 5.74. The molecule has 1 fully saturated rings. The van der Waals surface area contributed by atoms with Crippen molar-refractivity contribution in [2.75, 3.05) is 25.5 Å². The highest BCUT2D eigenvalue weighted by atomic mass is 32.2. The van der Waals surface area contributed by atoms with Crippen LogP contribution < -0.4 is 14.8 Å². The van der Waals surface area contributed by atoms with Crippen molar-refractivity contribution in [1.29, 1.82) is 0 Å². The van der Waals surface area contributed by atoms with Gasteiger partial charge < -0.3 is 14.8 Å². The fourth-order valence-corrected chi connectivity index (χ4v) is 5.37. The van der Waals surface area contributed by atoms with Crippen LogP contribution in [0, 0.1) is 0 Å². The highest BCUT2D eigenvalue weighted by molar-refractivity contribution is 7.89. The minimum absolute atomic E-state index is 0.138. The van der Waals surface area contributed by atoms with Crippen LogP contribution in [0.2, 0.25) is 0 Å².